The van der Waals surface area contributed by atoms with Crippen molar-refractivity contribution in [2.24, 2.45) is 0 Å². The Balaban J connectivity index is 2.22. The van der Waals surface area contributed by atoms with Gasteiger partial charge in [-0.2, -0.15) is 5.26 Å². The molecule has 0 heterocycles. The maximum Gasteiger partial charge on any atom is 0.266 e. The molecule has 0 radical (unpaired) electrons. The van der Waals surface area contributed by atoms with Crippen LogP contribution in [0.1, 0.15) is 12.5 Å². The Bertz CT molecular complexity index is 870. The third kappa shape index (κ3) is 4.77. The van der Waals surface area contributed by atoms with Crippen LogP contribution >= 0.6 is 15.9 Å². The molecule has 0 aliphatic carbocycles. The van der Waals surface area contributed by atoms with Crippen molar-refractivity contribution < 1.29 is 19.4 Å². The molecule has 0 aromatic heterocycles. The Morgan fingerprint density at radius 1 is 1.35 bits per heavy atom. The molecular weight excluding hydrogens is 400 g/mol. The van der Waals surface area contributed by atoms with Gasteiger partial charge in [0.05, 0.1) is 18.2 Å². The second kappa shape index (κ2) is 8.92. The summed E-state index contributed by atoms with van der Waals surface area (Å²) in [5, 5.41) is 21.8. The predicted molar refractivity (Wildman–Crippen MR) is 102 cm³/mol. The predicted octanol–water partition coefficient (Wildman–Crippen LogP) is 4.11. The van der Waals surface area contributed by atoms with E-state index < -0.39 is 5.91 Å². The van der Waals surface area contributed by atoms with Crippen LogP contribution in [-0.4, -0.2) is 24.7 Å². The zero-order valence-corrected chi connectivity index (χ0v) is 15.8. The fraction of sp³-hybridized carbons (Fsp3) is 0.158. The van der Waals surface area contributed by atoms with Gasteiger partial charge in [0.25, 0.3) is 5.91 Å². The summed E-state index contributed by atoms with van der Waals surface area (Å²) in [6, 6.07) is 11.8. The normalized spacial score (nSPS) is 10.8. The molecule has 0 saturated carbocycles. The molecule has 0 aliphatic heterocycles. The van der Waals surface area contributed by atoms with Crippen molar-refractivity contribution in [1.82, 2.24) is 0 Å². The van der Waals surface area contributed by atoms with Crippen LogP contribution in [0, 0.1) is 11.3 Å². The first kappa shape index (κ1) is 19.3. The molecular formula is C19H17BrN2O4. The fourth-order valence-electron chi connectivity index (χ4n) is 2.15. The summed E-state index contributed by atoms with van der Waals surface area (Å²) >= 11 is 3.21. The number of rotatable bonds is 6. The number of aromatic hydroxyl groups is 1. The molecule has 1 amide bonds. The Hall–Kier alpha value is -2.98. The first-order valence-electron chi connectivity index (χ1n) is 7.71. The molecule has 0 atom stereocenters. The van der Waals surface area contributed by atoms with Gasteiger partial charge in [0, 0.05) is 5.69 Å². The van der Waals surface area contributed by atoms with Crippen molar-refractivity contribution in [3.05, 3.63) is 52.0 Å². The van der Waals surface area contributed by atoms with Gasteiger partial charge in [0.1, 0.15) is 17.4 Å². The first-order chi connectivity index (χ1) is 12.5. The van der Waals surface area contributed by atoms with E-state index in [1.165, 1.54) is 19.3 Å². The first-order valence-corrected chi connectivity index (χ1v) is 8.50. The van der Waals surface area contributed by atoms with Crippen molar-refractivity contribution in [2.45, 2.75) is 6.92 Å². The maximum atomic E-state index is 12.3. The number of amides is 1. The molecule has 0 spiro atoms. The number of nitriles is 1. The lowest BCUT2D eigenvalue weighted by Gasteiger charge is -2.08. The summed E-state index contributed by atoms with van der Waals surface area (Å²) in [7, 11) is 1.42. The summed E-state index contributed by atoms with van der Waals surface area (Å²) in [5.41, 5.74) is 0.993. The van der Waals surface area contributed by atoms with E-state index in [0.717, 1.165) is 0 Å². The van der Waals surface area contributed by atoms with Crippen LogP contribution in [0.3, 0.4) is 0 Å². The second-order valence-electron chi connectivity index (χ2n) is 5.13. The van der Waals surface area contributed by atoms with E-state index in [0.29, 0.717) is 28.1 Å². The number of carbonyl (C=O) groups excluding carboxylic acids is 1. The van der Waals surface area contributed by atoms with Crippen molar-refractivity contribution in [3.8, 4) is 23.3 Å². The number of phenolic OH excluding ortho intramolecular Hbond substituents is 1. The minimum absolute atomic E-state index is 0.0537. The molecule has 0 unspecified atom stereocenters. The number of hydrogen-bond acceptors (Lipinski definition) is 5. The minimum Gasteiger partial charge on any atom is -0.503 e. The lowest BCUT2D eigenvalue weighted by atomic mass is 10.1. The number of halogens is 1. The maximum absolute atomic E-state index is 12.3. The largest absolute Gasteiger partial charge is 0.503 e. The molecule has 2 aromatic carbocycles. The third-order valence-electron chi connectivity index (χ3n) is 3.37. The van der Waals surface area contributed by atoms with Crippen LogP contribution in [0.4, 0.5) is 5.69 Å². The van der Waals surface area contributed by atoms with Crippen LogP contribution in [-0.2, 0) is 4.79 Å². The molecule has 2 aromatic rings. The number of anilines is 1. The summed E-state index contributed by atoms with van der Waals surface area (Å²) in [5.74, 6) is 0.333. The van der Waals surface area contributed by atoms with Gasteiger partial charge in [-0.3, -0.25) is 4.79 Å². The highest BCUT2D eigenvalue weighted by atomic mass is 79.9. The second-order valence-corrected chi connectivity index (χ2v) is 5.99. The van der Waals surface area contributed by atoms with Crippen LogP contribution in [0.5, 0.6) is 17.2 Å². The smallest absolute Gasteiger partial charge is 0.266 e. The quantitative estimate of drug-likeness (QED) is 0.545. The van der Waals surface area contributed by atoms with Crippen molar-refractivity contribution in [1.29, 1.82) is 5.26 Å². The SMILES string of the molecule is CCOc1ccc(NC(=O)/C(C#N)=C\c2cc(Br)c(O)c(OC)c2)cc1. The fourth-order valence-corrected chi connectivity index (χ4v) is 2.61. The number of methoxy groups -OCH3 is 1. The van der Waals surface area contributed by atoms with Gasteiger partial charge in [0.2, 0.25) is 0 Å². The van der Waals surface area contributed by atoms with Crippen LogP contribution < -0.4 is 14.8 Å². The van der Waals surface area contributed by atoms with Gasteiger partial charge in [-0.1, -0.05) is 0 Å². The summed E-state index contributed by atoms with van der Waals surface area (Å²) in [6.07, 6.45) is 1.41. The number of nitrogens with zero attached hydrogens (tertiary/aromatic N) is 1. The Morgan fingerprint density at radius 3 is 2.62 bits per heavy atom. The Kier molecular flexibility index (Phi) is 6.64. The van der Waals surface area contributed by atoms with E-state index in [9.17, 15) is 15.2 Å². The number of carbonyl (C=O) groups is 1. The van der Waals surface area contributed by atoms with Crippen LogP contribution in [0.2, 0.25) is 0 Å². The third-order valence-corrected chi connectivity index (χ3v) is 3.97. The topological polar surface area (TPSA) is 91.6 Å². The van der Waals surface area contributed by atoms with Gasteiger partial charge in [-0.15, -0.1) is 0 Å². The average Bonchev–Trinajstić information content (AvgIpc) is 2.64. The molecule has 6 nitrogen and oxygen atoms in total. The van der Waals surface area contributed by atoms with Crippen molar-refractivity contribution in [2.75, 3.05) is 19.0 Å². The zero-order valence-electron chi connectivity index (χ0n) is 14.2. The zero-order chi connectivity index (χ0) is 19.1. The van der Waals surface area contributed by atoms with E-state index >= 15 is 0 Å². The summed E-state index contributed by atoms with van der Waals surface area (Å²) in [4.78, 5) is 12.3. The molecule has 0 fully saturated rings. The molecule has 26 heavy (non-hydrogen) atoms. The summed E-state index contributed by atoms with van der Waals surface area (Å²) in [6.45, 7) is 2.44. The highest BCUT2D eigenvalue weighted by Gasteiger charge is 2.12. The van der Waals surface area contributed by atoms with E-state index in [2.05, 4.69) is 21.2 Å². The van der Waals surface area contributed by atoms with Crippen molar-refractivity contribution >= 4 is 33.6 Å². The number of benzene rings is 2. The molecule has 7 heteroatoms. The van der Waals surface area contributed by atoms with Gasteiger partial charge in [-0.25, -0.2) is 0 Å². The highest BCUT2D eigenvalue weighted by Crippen LogP contribution is 2.35. The van der Waals surface area contributed by atoms with Crippen molar-refractivity contribution in [3.63, 3.8) is 0 Å². The molecule has 2 N–H and O–H groups in total. The molecule has 2 rings (SSSR count). The van der Waals surface area contributed by atoms with Crippen LogP contribution in [0.25, 0.3) is 6.08 Å². The summed E-state index contributed by atoms with van der Waals surface area (Å²) < 4.78 is 10.8. The Morgan fingerprint density at radius 2 is 2.04 bits per heavy atom. The van der Waals surface area contributed by atoms with Gasteiger partial charge >= 0.3 is 0 Å². The minimum atomic E-state index is -0.542. The van der Waals surface area contributed by atoms with E-state index in [1.807, 2.05) is 13.0 Å². The van der Waals surface area contributed by atoms with E-state index in [1.54, 1.807) is 30.3 Å². The molecule has 0 aliphatic rings. The highest BCUT2D eigenvalue weighted by molar-refractivity contribution is 9.10. The standard InChI is InChI=1S/C19H17BrN2O4/c1-3-26-15-6-4-14(5-7-15)22-19(24)13(11-21)8-12-9-16(20)18(23)17(10-12)25-2/h4-10,23H,3H2,1-2H3,(H,22,24)/b13-8-. The van der Waals surface area contributed by atoms with Gasteiger partial charge < -0.3 is 19.9 Å². The molecule has 134 valence electrons. The van der Waals surface area contributed by atoms with Gasteiger partial charge in [0.15, 0.2) is 11.5 Å². The monoisotopic (exact) mass is 416 g/mol. The van der Waals surface area contributed by atoms with E-state index in [4.69, 9.17) is 9.47 Å². The average molecular weight is 417 g/mol. The number of ether oxygens (including phenoxy) is 2. The Labute approximate surface area is 159 Å². The molecule has 0 saturated heterocycles. The lowest BCUT2D eigenvalue weighted by Crippen LogP contribution is -2.13. The number of hydrogen-bond donors (Lipinski definition) is 2. The lowest BCUT2D eigenvalue weighted by molar-refractivity contribution is -0.112. The van der Waals surface area contributed by atoms with Gasteiger partial charge in [-0.05, 0) is 70.9 Å². The molecule has 0 bridgehead atoms. The number of phenols is 1. The van der Waals surface area contributed by atoms with E-state index in [-0.39, 0.29) is 17.1 Å². The van der Waals surface area contributed by atoms with Crippen LogP contribution in [0.15, 0.2) is 46.4 Å². The number of nitrogens with one attached hydrogen (secondary N) is 1.